The first kappa shape index (κ1) is 20.6. The Bertz CT molecular complexity index is 839. The second kappa shape index (κ2) is 8.52. The Morgan fingerprint density at radius 2 is 2.00 bits per heavy atom. The van der Waals surface area contributed by atoms with E-state index in [9.17, 15) is 18.0 Å². The number of nitrogens with zero attached hydrogens (tertiary/aromatic N) is 7. The van der Waals surface area contributed by atoms with Crippen LogP contribution in [0.1, 0.15) is 12.0 Å². The number of aromatic nitrogens is 5. The van der Waals surface area contributed by atoms with Gasteiger partial charge in [-0.15, -0.1) is 5.10 Å². The van der Waals surface area contributed by atoms with Crippen LogP contribution in [0.3, 0.4) is 0 Å². The minimum absolute atomic E-state index is 0.00810. The summed E-state index contributed by atoms with van der Waals surface area (Å²) >= 11 is 7.39. The van der Waals surface area contributed by atoms with Crippen molar-refractivity contribution in [3.8, 4) is 0 Å². The summed E-state index contributed by atoms with van der Waals surface area (Å²) in [4.78, 5) is 19.7. The van der Waals surface area contributed by atoms with E-state index in [1.807, 2.05) is 0 Å². The van der Waals surface area contributed by atoms with Gasteiger partial charge in [-0.2, -0.15) is 13.2 Å². The van der Waals surface area contributed by atoms with Crippen molar-refractivity contribution in [1.29, 1.82) is 0 Å². The summed E-state index contributed by atoms with van der Waals surface area (Å²) in [6.07, 6.45) is -3.37. The monoisotopic (exact) mass is 435 g/mol. The number of carbonyl (C=O) groups excluding carboxylic acids is 1. The van der Waals surface area contributed by atoms with Gasteiger partial charge in [0.1, 0.15) is 5.82 Å². The number of aryl methyl sites for hydroxylation is 1. The Morgan fingerprint density at radius 1 is 1.29 bits per heavy atom. The van der Waals surface area contributed by atoms with Crippen molar-refractivity contribution in [2.24, 2.45) is 7.05 Å². The summed E-state index contributed by atoms with van der Waals surface area (Å²) in [6, 6.07) is 0.875. The average molecular weight is 436 g/mol. The quantitative estimate of drug-likeness (QED) is 0.665. The van der Waals surface area contributed by atoms with E-state index in [0.29, 0.717) is 49.3 Å². The summed E-state index contributed by atoms with van der Waals surface area (Å²) < 4.78 is 39.7. The molecule has 0 radical (unpaired) electrons. The van der Waals surface area contributed by atoms with Crippen LogP contribution in [0.4, 0.5) is 19.0 Å². The van der Waals surface area contributed by atoms with E-state index < -0.39 is 11.7 Å². The number of alkyl halides is 3. The molecule has 1 aliphatic rings. The second-order valence-corrected chi connectivity index (χ2v) is 7.55. The van der Waals surface area contributed by atoms with Gasteiger partial charge >= 0.3 is 6.18 Å². The molecule has 0 aromatic carbocycles. The summed E-state index contributed by atoms with van der Waals surface area (Å²) in [5.74, 6) is 0.861. The molecule has 1 saturated heterocycles. The second-order valence-electron chi connectivity index (χ2n) is 6.08. The highest BCUT2D eigenvalue weighted by molar-refractivity contribution is 7.99. The van der Waals surface area contributed by atoms with E-state index in [4.69, 9.17) is 11.6 Å². The van der Waals surface area contributed by atoms with Gasteiger partial charge in [0, 0.05) is 51.6 Å². The number of thioether (sulfide) groups is 1. The third kappa shape index (κ3) is 4.85. The van der Waals surface area contributed by atoms with Crippen LogP contribution in [0, 0.1) is 0 Å². The number of tetrazole rings is 1. The molecule has 0 saturated carbocycles. The molecule has 8 nitrogen and oxygen atoms in total. The van der Waals surface area contributed by atoms with Gasteiger partial charge in [-0.05, 0) is 16.5 Å². The van der Waals surface area contributed by atoms with E-state index in [-0.39, 0.29) is 10.9 Å². The van der Waals surface area contributed by atoms with E-state index in [1.165, 1.54) is 16.4 Å². The third-order valence-corrected chi connectivity index (χ3v) is 5.50. The fourth-order valence-electron chi connectivity index (χ4n) is 2.72. The minimum Gasteiger partial charge on any atom is -0.352 e. The fourth-order valence-corrected chi connectivity index (χ4v) is 3.78. The van der Waals surface area contributed by atoms with Crippen molar-refractivity contribution in [2.45, 2.75) is 17.8 Å². The van der Waals surface area contributed by atoms with Crippen molar-refractivity contribution < 1.29 is 18.0 Å². The molecule has 0 atom stereocenters. The lowest BCUT2D eigenvalue weighted by atomic mass is 10.2. The van der Waals surface area contributed by atoms with Crippen LogP contribution in [0.5, 0.6) is 0 Å². The first-order chi connectivity index (χ1) is 13.3. The molecular formula is C15H17ClF3N7OS. The van der Waals surface area contributed by atoms with E-state index >= 15 is 0 Å². The molecule has 152 valence electrons. The summed E-state index contributed by atoms with van der Waals surface area (Å²) in [7, 11) is 1.73. The molecule has 2 aromatic heterocycles. The molecule has 1 fully saturated rings. The number of anilines is 1. The maximum Gasteiger partial charge on any atom is 0.417 e. The molecule has 1 aliphatic heterocycles. The molecule has 0 unspecified atom stereocenters. The van der Waals surface area contributed by atoms with Crippen LogP contribution in [0.2, 0.25) is 5.02 Å². The van der Waals surface area contributed by atoms with E-state index in [1.54, 1.807) is 16.8 Å². The highest BCUT2D eigenvalue weighted by Crippen LogP contribution is 2.33. The normalized spacial score (nSPS) is 15.2. The van der Waals surface area contributed by atoms with E-state index in [0.717, 1.165) is 12.3 Å². The molecular weight excluding hydrogens is 419 g/mol. The van der Waals surface area contributed by atoms with Crippen LogP contribution in [0.25, 0.3) is 0 Å². The van der Waals surface area contributed by atoms with Crippen LogP contribution >= 0.6 is 23.4 Å². The molecule has 2 aromatic rings. The van der Waals surface area contributed by atoms with E-state index in [2.05, 4.69) is 20.5 Å². The minimum atomic E-state index is -4.49. The number of halogens is 4. The standard InChI is InChI=1S/C15H17ClF3N7OS/c1-24-14(21-22-23-24)28-7-2-12(27)25-3-5-26(6-4-25)13-11(16)8-10(9-20-13)15(17,18)19/h8-9H,2-7H2,1H3. The largest absolute Gasteiger partial charge is 0.417 e. The van der Waals surface area contributed by atoms with Crippen LogP contribution in [0.15, 0.2) is 17.4 Å². The molecule has 3 rings (SSSR count). The Balaban J connectivity index is 1.50. The number of carbonyl (C=O) groups is 1. The predicted molar refractivity (Wildman–Crippen MR) is 97.2 cm³/mol. The predicted octanol–water partition coefficient (Wildman–Crippen LogP) is 2.11. The lowest BCUT2D eigenvalue weighted by molar-refractivity contribution is -0.137. The van der Waals surface area contributed by atoms with Gasteiger partial charge in [-0.3, -0.25) is 4.79 Å². The maximum atomic E-state index is 12.7. The van der Waals surface area contributed by atoms with Crippen molar-refractivity contribution in [3.05, 3.63) is 22.8 Å². The summed E-state index contributed by atoms with van der Waals surface area (Å²) in [6.45, 7) is 1.80. The zero-order chi connectivity index (χ0) is 20.3. The molecule has 13 heteroatoms. The molecule has 0 N–H and O–H groups in total. The SMILES string of the molecule is Cn1nnnc1SCCC(=O)N1CCN(c2ncc(C(F)(F)F)cc2Cl)CC1. The Labute approximate surface area is 168 Å². The molecule has 1 amide bonds. The van der Waals surface area contributed by atoms with Gasteiger partial charge in [0.05, 0.1) is 10.6 Å². The maximum absolute atomic E-state index is 12.7. The van der Waals surface area contributed by atoms with Gasteiger partial charge in [-0.25, -0.2) is 9.67 Å². The molecule has 0 spiro atoms. The van der Waals surface area contributed by atoms with Gasteiger partial charge in [0.2, 0.25) is 11.1 Å². The van der Waals surface area contributed by atoms with Gasteiger partial charge in [0.15, 0.2) is 0 Å². The number of pyridine rings is 1. The molecule has 28 heavy (non-hydrogen) atoms. The van der Waals surface area contributed by atoms with Crippen molar-refractivity contribution in [1.82, 2.24) is 30.1 Å². The Morgan fingerprint density at radius 3 is 2.57 bits per heavy atom. The smallest absolute Gasteiger partial charge is 0.352 e. The van der Waals surface area contributed by atoms with Gasteiger partial charge < -0.3 is 9.80 Å². The Hall–Kier alpha value is -2.08. The summed E-state index contributed by atoms with van der Waals surface area (Å²) in [5, 5.41) is 11.7. The third-order valence-electron chi connectivity index (χ3n) is 4.21. The highest BCUT2D eigenvalue weighted by atomic mass is 35.5. The average Bonchev–Trinajstić information content (AvgIpc) is 3.06. The first-order valence-corrected chi connectivity index (χ1v) is 9.72. The first-order valence-electron chi connectivity index (χ1n) is 8.36. The zero-order valence-corrected chi connectivity index (χ0v) is 16.4. The zero-order valence-electron chi connectivity index (χ0n) is 14.9. The van der Waals surface area contributed by atoms with Crippen molar-refractivity contribution in [3.63, 3.8) is 0 Å². The van der Waals surface area contributed by atoms with Crippen LogP contribution in [-0.2, 0) is 18.0 Å². The van der Waals surface area contributed by atoms with Crippen LogP contribution in [-0.4, -0.2) is 67.9 Å². The number of amides is 1. The Kier molecular flexibility index (Phi) is 6.28. The fraction of sp³-hybridized carbons (Fsp3) is 0.533. The lowest BCUT2D eigenvalue weighted by Crippen LogP contribution is -2.49. The number of piperazine rings is 1. The number of rotatable bonds is 5. The topological polar surface area (TPSA) is 80.0 Å². The molecule has 0 aliphatic carbocycles. The van der Waals surface area contributed by atoms with Crippen LogP contribution < -0.4 is 4.90 Å². The molecule has 3 heterocycles. The number of hydrogen-bond donors (Lipinski definition) is 0. The summed E-state index contributed by atoms with van der Waals surface area (Å²) in [5.41, 5.74) is -0.884. The number of hydrogen-bond acceptors (Lipinski definition) is 7. The lowest BCUT2D eigenvalue weighted by Gasteiger charge is -2.35. The van der Waals surface area contributed by atoms with Crippen molar-refractivity contribution >= 4 is 35.1 Å². The highest BCUT2D eigenvalue weighted by Gasteiger charge is 2.32. The molecule has 0 bridgehead atoms. The van der Waals surface area contributed by atoms with Crippen molar-refractivity contribution in [2.75, 3.05) is 36.8 Å². The van der Waals surface area contributed by atoms with Gasteiger partial charge in [0.25, 0.3) is 0 Å². The van der Waals surface area contributed by atoms with Gasteiger partial charge in [-0.1, -0.05) is 23.4 Å².